The van der Waals surface area contributed by atoms with Crippen molar-refractivity contribution in [2.75, 3.05) is 26.0 Å². The van der Waals surface area contributed by atoms with Crippen molar-refractivity contribution < 1.29 is 24.9 Å². The van der Waals surface area contributed by atoms with E-state index in [0.29, 0.717) is 42.1 Å². The Labute approximate surface area is 236 Å². The number of anilines is 1. The van der Waals surface area contributed by atoms with Gasteiger partial charge in [0.05, 0.1) is 31.0 Å². The van der Waals surface area contributed by atoms with Crippen molar-refractivity contribution in [1.82, 2.24) is 24.8 Å². The topological polar surface area (TPSA) is 155 Å². The fourth-order valence-corrected chi connectivity index (χ4v) is 5.95. The molecule has 0 spiro atoms. The highest BCUT2D eigenvalue weighted by molar-refractivity contribution is 5.88. The average Bonchev–Trinajstić information content (AvgIpc) is 3.53. The van der Waals surface area contributed by atoms with Crippen molar-refractivity contribution >= 4 is 22.9 Å². The van der Waals surface area contributed by atoms with Crippen LogP contribution in [0.1, 0.15) is 29.4 Å². The molecule has 5 atom stereocenters. The van der Waals surface area contributed by atoms with E-state index in [2.05, 4.69) is 32.4 Å². The third-order valence-electron chi connectivity index (χ3n) is 8.11. The Morgan fingerprint density at radius 2 is 1.98 bits per heavy atom. The second-order valence-corrected chi connectivity index (χ2v) is 10.4. The first-order valence-electron chi connectivity index (χ1n) is 13.4. The van der Waals surface area contributed by atoms with Gasteiger partial charge >= 0.3 is 0 Å². The maximum atomic E-state index is 12.7. The molecule has 2 saturated carbocycles. The van der Waals surface area contributed by atoms with Crippen molar-refractivity contribution in [2.24, 2.45) is 11.3 Å². The number of carbonyl (C=O) groups is 1. The molecule has 6 rings (SSSR count). The number of methoxy groups -OCH3 is 1. The summed E-state index contributed by atoms with van der Waals surface area (Å²) in [4.78, 5) is 26.6. The monoisotopic (exact) mass is 554 g/mol. The molecule has 210 valence electrons. The molecule has 2 aliphatic carbocycles. The van der Waals surface area contributed by atoms with Crippen LogP contribution in [-0.4, -0.2) is 73.7 Å². The molecule has 2 aromatic heterocycles. The van der Waals surface area contributed by atoms with Gasteiger partial charge in [-0.2, -0.15) is 0 Å². The summed E-state index contributed by atoms with van der Waals surface area (Å²) in [5.41, 5.74) is 1.67. The Hall–Kier alpha value is -4.66. The van der Waals surface area contributed by atoms with Gasteiger partial charge in [-0.25, -0.2) is 15.0 Å². The normalized spacial score (nSPS) is 24.3. The lowest BCUT2D eigenvalue weighted by atomic mass is 9.98. The van der Waals surface area contributed by atoms with Gasteiger partial charge in [-0.05, 0) is 48.6 Å². The molecule has 0 radical (unpaired) electrons. The van der Waals surface area contributed by atoms with Crippen LogP contribution in [0.4, 0.5) is 5.82 Å². The molecule has 4 aromatic rings. The van der Waals surface area contributed by atoms with E-state index in [1.807, 2.05) is 36.4 Å². The van der Waals surface area contributed by atoms with Crippen LogP contribution in [-0.2, 0) is 11.2 Å². The van der Waals surface area contributed by atoms with Crippen LogP contribution in [0.3, 0.4) is 0 Å². The second-order valence-electron chi connectivity index (χ2n) is 10.4. The number of aliphatic hydroxyl groups excluding tert-OH is 2. The molecule has 2 fully saturated rings. The van der Waals surface area contributed by atoms with Crippen LogP contribution in [0.5, 0.6) is 11.5 Å². The van der Waals surface area contributed by atoms with Crippen LogP contribution in [0, 0.1) is 23.2 Å². The third kappa shape index (κ3) is 4.51. The first kappa shape index (κ1) is 26.6. The quantitative estimate of drug-likeness (QED) is 0.214. The van der Waals surface area contributed by atoms with Crippen LogP contribution in [0.25, 0.3) is 11.2 Å². The molecule has 0 saturated heterocycles. The number of aromatic hydroxyl groups is 1. The molecular formula is C30H30N6O5. The highest BCUT2D eigenvalue weighted by Gasteiger charge is 2.75. The summed E-state index contributed by atoms with van der Waals surface area (Å²) in [6.07, 6.45) is 0.273. The highest BCUT2D eigenvalue weighted by atomic mass is 16.5. The number of amides is 1. The number of benzene rings is 2. The zero-order chi connectivity index (χ0) is 28.7. The van der Waals surface area contributed by atoms with E-state index >= 15 is 0 Å². The molecule has 41 heavy (non-hydrogen) atoms. The van der Waals surface area contributed by atoms with Crippen molar-refractivity contribution in [3.8, 4) is 23.3 Å². The Kier molecular flexibility index (Phi) is 6.73. The van der Waals surface area contributed by atoms with Gasteiger partial charge in [-0.3, -0.25) is 4.79 Å². The van der Waals surface area contributed by atoms with E-state index in [4.69, 9.17) is 9.72 Å². The number of phenols is 1. The maximum Gasteiger partial charge on any atom is 0.229 e. The first-order valence-corrected chi connectivity index (χ1v) is 13.4. The summed E-state index contributed by atoms with van der Waals surface area (Å²) in [7, 11) is 3.03. The zero-order valence-corrected chi connectivity index (χ0v) is 22.6. The molecule has 2 aromatic carbocycles. The molecule has 11 heteroatoms. The highest BCUT2D eigenvalue weighted by Crippen LogP contribution is 2.67. The van der Waals surface area contributed by atoms with Crippen LogP contribution in [0.15, 0.2) is 54.9 Å². The summed E-state index contributed by atoms with van der Waals surface area (Å²) in [6.45, 7) is 0.492. The summed E-state index contributed by atoms with van der Waals surface area (Å²) in [5.74, 6) is 6.78. The summed E-state index contributed by atoms with van der Waals surface area (Å²) in [5, 5.41) is 37.7. The minimum Gasteiger partial charge on any atom is -0.504 e. The third-order valence-corrected chi connectivity index (χ3v) is 8.11. The molecule has 1 amide bonds. The molecule has 0 bridgehead atoms. The van der Waals surface area contributed by atoms with E-state index in [0.717, 1.165) is 11.1 Å². The number of aliphatic hydroxyl groups is 2. The number of rotatable bonds is 7. The predicted octanol–water partition coefficient (Wildman–Crippen LogP) is 1.62. The van der Waals surface area contributed by atoms with Crippen molar-refractivity contribution in [2.45, 2.75) is 31.1 Å². The summed E-state index contributed by atoms with van der Waals surface area (Å²) in [6, 6.07) is 14.1. The van der Waals surface area contributed by atoms with Gasteiger partial charge in [0.25, 0.3) is 0 Å². The smallest absolute Gasteiger partial charge is 0.229 e. The fourth-order valence-electron chi connectivity index (χ4n) is 5.95. The number of phenolic OH excluding ortho intramolecular Hbond substituents is 1. The van der Waals surface area contributed by atoms with E-state index in [1.54, 1.807) is 23.0 Å². The van der Waals surface area contributed by atoms with E-state index in [-0.39, 0.29) is 23.4 Å². The lowest BCUT2D eigenvalue weighted by Crippen LogP contribution is -2.41. The Bertz CT molecular complexity index is 1680. The Balaban J connectivity index is 1.35. The average molecular weight is 555 g/mol. The number of carbonyl (C=O) groups excluding carboxylic acids is 1. The predicted molar refractivity (Wildman–Crippen MR) is 150 cm³/mol. The van der Waals surface area contributed by atoms with Crippen molar-refractivity contribution in [1.29, 1.82) is 0 Å². The Morgan fingerprint density at radius 1 is 1.17 bits per heavy atom. The first-order chi connectivity index (χ1) is 19.9. The van der Waals surface area contributed by atoms with Crippen molar-refractivity contribution in [3.63, 3.8) is 0 Å². The summed E-state index contributed by atoms with van der Waals surface area (Å²) >= 11 is 0. The zero-order valence-electron chi connectivity index (χ0n) is 22.6. The number of hydrogen-bond acceptors (Lipinski definition) is 9. The van der Waals surface area contributed by atoms with E-state index in [9.17, 15) is 20.1 Å². The molecule has 5 N–H and O–H groups in total. The number of nitrogens with zero attached hydrogens (tertiary/aromatic N) is 4. The molecule has 0 aliphatic heterocycles. The summed E-state index contributed by atoms with van der Waals surface area (Å²) < 4.78 is 6.95. The minimum absolute atomic E-state index is 0.0733. The number of ether oxygens (including phenoxy) is 1. The SMILES string of the molecule is CNC(=O)[C@@]12C[C@@H]1[C@@H](n1cnc3c(NCCc4ccc(O)c(OC)c4)nc(C#Cc4ccccc4)nc31)[C@H](O)[C@@H]2O. The van der Waals surface area contributed by atoms with Crippen molar-refractivity contribution in [3.05, 3.63) is 71.8 Å². The standard InChI is InChI=1S/C30H30N6O5/c1-31-29(40)30-15-19(30)24(25(38)26(30)39)36-16-33-23-27(32-13-12-18-8-10-20(37)21(14-18)41-2)34-22(35-28(23)36)11-9-17-6-4-3-5-7-17/h3-8,10,14,16,19,24-26,37-39H,12-13,15H2,1-2H3,(H,31,40)(H,32,34,35)/t19-,24-,25+,26+,30+/m1/s1. The lowest BCUT2D eigenvalue weighted by Gasteiger charge is -2.23. The number of nitrogens with one attached hydrogen (secondary N) is 2. The number of aromatic nitrogens is 4. The van der Waals surface area contributed by atoms with Gasteiger partial charge < -0.3 is 35.3 Å². The molecule has 11 nitrogen and oxygen atoms in total. The van der Waals surface area contributed by atoms with Crippen LogP contribution >= 0.6 is 0 Å². The fraction of sp³-hybridized carbons (Fsp3) is 0.333. The van der Waals surface area contributed by atoms with Gasteiger partial charge in [0.1, 0.15) is 6.10 Å². The van der Waals surface area contributed by atoms with E-state index in [1.165, 1.54) is 14.2 Å². The lowest BCUT2D eigenvalue weighted by molar-refractivity contribution is -0.132. The van der Waals surface area contributed by atoms with Gasteiger partial charge in [-0.15, -0.1) is 0 Å². The second kappa shape index (κ2) is 10.4. The Morgan fingerprint density at radius 3 is 2.73 bits per heavy atom. The number of imidazole rings is 1. The molecular weight excluding hydrogens is 524 g/mol. The van der Waals surface area contributed by atoms with Gasteiger partial charge in [0, 0.05) is 25.1 Å². The number of hydrogen-bond donors (Lipinski definition) is 5. The van der Waals surface area contributed by atoms with Crippen LogP contribution in [0.2, 0.25) is 0 Å². The molecule has 2 aliphatic rings. The van der Waals surface area contributed by atoms with Crippen LogP contribution < -0.4 is 15.4 Å². The molecule has 2 heterocycles. The molecule has 0 unspecified atom stereocenters. The van der Waals surface area contributed by atoms with Gasteiger partial charge in [-0.1, -0.05) is 30.2 Å². The number of fused-ring (bicyclic) bond motifs is 2. The van der Waals surface area contributed by atoms with E-state index < -0.39 is 23.7 Å². The minimum atomic E-state index is -1.20. The largest absolute Gasteiger partial charge is 0.504 e. The maximum absolute atomic E-state index is 12.7. The van der Waals surface area contributed by atoms with Gasteiger partial charge in [0.2, 0.25) is 11.7 Å². The van der Waals surface area contributed by atoms with Gasteiger partial charge in [0.15, 0.2) is 28.5 Å².